The van der Waals surface area contributed by atoms with Crippen LogP contribution in [-0.2, 0) is 4.79 Å². The van der Waals surface area contributed by atoms with Gasteiger partial charge < -0.3 is 9.73 Å². The van der Waals surface area contributed by atoms with Crippen molar-refractivity contribution in [2.75, 3.05) is 6.54 Å². The molecule has 4 nitrogen and oxygen atoms in total. The highest BCUT2D eigenvalue weighted by molar-refractivity contribution is 5.84. The van der Waals surface area contributed by atoms with Gasteiger partial charge in [-0.15, -0.1) is 0 Å². The van der Waals surface area contributed by atoms with Gasteiger partial charge in [-0.05, 0) is 29.5 Å². The summed E-state index contributed by atoms with van der Waals surface area (Å²) >= 11 is 0. The first-order valence-corrected chi connectivity index (χ1v) is 7.39. The normalized spacial score (nSPS) is 11.9. The topological polar surface area (TPSA) is 66.0 Å². The number of benzene rings is 1. The molecule has 22 heavy (non-hydrogen) atoms. The maximum atomic E-state index is 12.4. The van der Waals surface area contributed by atoms with Crippen LogP contribution >= 0.6 is 0 Å². The summed E-state index contributed by atoms with van der Waals surface area (Å²) in [6.07, 6.45) is 4.06. The average Bonchev–Trinajstić information content (AvgIpc) is 3.04. The van der Waals surface area contributed by atoms with Crippen LogP contribution in [0.2, 0.25) is 0 Å². The van der Waals surface area contributed by atoms with Crippen molar-refractivity contribution in [2.45, 2.75) is 26.2 Å². The summed E-state index contributed by atoms with van der Waals surface area (Å²) in [7, 11) is 0. The summed E-state index contributed by atoms with van der Waals surface area (Å²) in [5, 5.41) is 11.3. The number of hydrogen-bond donors (Lipinski definition) is 1. The van der Waals surface area contributed by atoms with E-state index < -0.39 is 0 Å². The van der Waals surface area contributed by atoms with Crippen LogP contribution in [0.25, 0.3) is 11.1 Å². The summed E-state index contributed by atoms with van der Waals surface area (Å²) in [4.78, 5) is 12.4. The molecule has 0 bridgehead atoms. The number of carbonyl (C=O) groups is 1. The van der Waals surface area contributed by atoms with E-state index in [0.29, 0.717) is 5.92 Å². The zero-order valence-electron chi connectivity index (χ0n) is 12.9. The predicted octanol–water partition coefficient (Wildman–Crippen LogP) is 3.72. The van der Waals surface area contributed by atoms with Gasteiger partial charge in [-0.3, -0.25) is 4.79 Å². The van der Waals surface area contributed by atoms with Crippen LogP contribution in [-0.4, -0.2) is 12.5 Å². The summed E-state index contributed by atoms with van der Waals surface area (Å²) in [5.41, 5.74) is 2.97. The second-order valence-corrected chi connectivity index (χ2v) is 5.70. The lowest BCUT2D eigenvalue weighted by Gasteiger charge is -2.19. The number of nitrogens with zero attached hydrogens (tertiary/aromatic N) is 1. The lowest BCUT2D eigenvalue weighted by atomic mass is 9.88. The first-order chi connectivity index (χ1) is 10.6. The molecule has 1 aromatic heterocycles. The highest BCUT2D eigenvalue weighted by Gasteiger charge is 2.22. The Morgan fingerprint density at radius 1 is 1.32 bits per heavy atom. The summed E-state index contributed by atoms with van der Waals surface area (Å²) < 4.78 is 5.12. The molecule has 0 aliphatic carbocycles. The molecule has 2 rings (SSSR count). The van der Waals surface area contributed by atoms with Crippen molar-refractivity contribution in [3.05, 3.63) is 48.4 Å². The third kappa shape index (κ3) is 3.98. The highest BCUT2D eigenvalue weighted by Crippen LogP contribution is 2.28. The Labute approximate surface area is 130 Å². The molecule has 1 N–H and O–H groups in total. The fourth-order valence-electron chi connectivity index (χ4n) is 2.48. The Hall–Kier alpha value is -2.54. The molecule has 0 radical (unpaired) electrons. The van der Waals surface area contributed by atoms with E-state index in [4.69, 9.17) is 9.68 Å². The number of nitriles is 1. The van der Waals surface area contributed by atoms with E-state index in [2.05, 4.69) is 19.2 Å². The maximum absolute atomic E-state index is 12.4. The van der Waals surface area contributed by atoms with Crippen LogP contribution in [0.5, 0.6) is 0 Å². The van der Waals surface area contributed by atoms with E-state index in [9.17, 15) is 4.79 Å². The van der Waals surface area contributed by atoms with Gasteiger partial charge in [-0.2, -0.15) is 5.26 Å². The van der Waals surface area contributed by atoms with Gasteiger partial charge in [0.1, 0.15) is 6.54 Å². The van der Waals surface area contributed by atoms with Crippen LogP contribution in [0.1, 0.15) is 31.7 Å². The lowest BCUT2D eigenvalue weighted by Crippen LogP contribution is -2.30. The molecule has 1 atom stereocenters. The van der Waals surface area contributed by atoms with E-state index in [-0.39, 0.29) is 18.4 Å². The molecule has 1 unspecified atom stereocenters. The number of furan rings is 1. The Morgan fingerprint density at radius 2 is 2.14 bits per heavy atom. The van der Waals surface area contributed by atoms with E-state index in [1.54, 1.807) is 12.5 Å². The largest absolute Gasteiger partial charge is 0.472 e. The molecule has 0 saturated heterocycles. The van der Waals surface area contributed by atoms with Crippen LogP contribution in [0.4, 0.5) is 0 Å². The van der Waals surface area contributed by atoms with Crippen LogP contribution in [0.3, 0.4) is 0 Å². The molecule has 0 aliphatic heterocycles. The molecule has 2 aromatic rings. The average molecular weight is 296 g/mol. The highest BCUT2D eigenvalue weighted by atomic mass is 16.3. The van der Waals surface area contributed by atoms with Gasteiger partial charge in [-0.25, -0.2) is 0 Å². The van der Waals surface area contributed by atoms with Crippen LogP contribution < -0.4 is 5.32 Å². The smallest absolute Gasteiger partial charge is 0.228 e. The predicted molar refractivity (Wildman–Crippen MR) is 85.0 cm³/mol. The lowest BCUT2D eigenvalue weighted by molar-refractivity contribution is -0.122. The van der Waals surface area contributed by atoms with E-state index in [1.165, 1.54) is 0 Å². The molecule has 4 heteroatoms. The minimum absolute atomic E-state index is 0.0366. The molecular formula is C18H20N2O2. The Bertz CT molecular complexity index is 654. The molecule has 0 saturated carbocycles. The SMILES string of the molecule is CC(C)CC(C(=O)NCC#N)c1cccc(-c2ccoc2)c1. The van der Waals surface area contributed by atoms with Gasteiger partial charge in [0.15, 0.2) is 0 Å². The summed E-state index contributed by atoms with van der Waals surface area (Å²) in [6, 6.07) is 11.8. The molecular weight excluding hydrogens is 276 g/mol. The molecule has 0 fully saturated rings. The third-order valence-corrected chi connectivity index (χ3v) is 3.51. The molecule has 1 heterocycles. The Balaban J connectivity index is 2.29. The van der Waals surface area contributed by atoms with Crippen LogP contribution in [0, 0.1) is 17.2 Å². The quantitative estimate of drug-likeness (QED) is 0.826. The van der Waals surface area contributed by atoms with Gasteiger partial charge >= 0.3 is 0 Å². The van der Waals surface area contributed by atoms with Gasteiger partial charge in [-0.1, -0.05) is 38.1 Å². The van der Waals surface area contributed by atoms with Gasteiger partial charge in [0.05, 0.1) is 24.5 Å². The minimum Gasteiger partial charge on any atom is -0.472 e. The van der Waals surface area contributed by atoms with E-state index >= 15 is 0 Å². The van der Waals surface area contributed by atoms with Gasteiger partial charge in [0.25, 0.3) is 0 Å². The van der Waals surface area contributed by atoms with Crippen molar-refractivity contribution in [2.24, 2.45) is 5.92 Å². The zero-order chi connectivity index (χ0) is 15.9. The molecule has 1 amide bonds. The van der Waals surface area contributed by atoms with E-state index in [0.717, 1.165) is 23.1 Å². The first-order valence-electron chi connectivity index (χ1n) is 7.39. The van der Waals surface area contributed by atoms with Crippen molar-refractivity contribution in [3.63, 3.8) is 0 Å². The molecule has 0 spiro atoms. The van der Waals surface area contributed by atoms with Crippen molar-refractivity contribution in [3.8, 4) is 17.2 Å². The Morgan fingerprint density at radius 3 is 2.77 bits per heavy atom. The number of nitrogens with one attached hydrogen (secondary N) is 1. The molecule has 114 valence electrons. The standard InChI is InChI=1S/C18H20N2O2/c1-13(2)10-17(18(21)20-8-7-19)15-5-3-4-14(11-15)16-6-9-22-12-16/h3-6,9,11-13,17H,8,10H2,1-2H3,(H,20,21). The Kier molecular flexibility index (Phi) is 5.37. The fourth-order valence-corrected chi connectivity index (χ4v) is 2.48. The summed E-state index contributed by atoms with van der Waals surface area (Å²) in [5.74, 6) is 0.0372. The van der Waals surface area contributed by atoms with Crippen LogP contribution in [0.15, 0.2) is 47.3 Å². The summed E-state index contributed by atoms with van der Waals surface area (Å²) in [6.45, 7) is 4.21. The second-order valence-electron chi connectivity index (χ2n) is 5.70. The molecule has 1 aromatic carbocycles. The number of amides is 1. The fraction of sp³-hybridized carbons (Fsp3) is 0.333. The van der Waals surface area contributed by atoms with Crippen molar-refractivity contribution < 1.29 is 9.21 Å². The number of carbonyl (C=O) groups excluding carboxylic acids is 1. The second kappa shape index (κ2) is 7.46. The van der Waals surface area contributed by atoms with E-state index in [1.807, 2.05) is 36.4 Å². The van der Waals surface area contributed by atoms with Crippen molar-refractivity contribution >= 4 is 5.91 Å². The zero-order valence-corrected chi connectivity index (χ0v) is 12.9. The minimum atomic E-state index is -0.250. The van der Waals surface area contributed by atoms with Crippen molar-refractivity contribution in [1.82, 2.24) is 5.32 Å². The number of hydrogen-bond acceptors (Lipinski definition) is 3. The molecule has 0 aliphatic rings. The van der Waals surface area contributed by atoms with Gasteiger partial charge in [0.2, 0.25) is 5.91 Å². The monoisotopic (exact) mass is 296 g/mol. The maximum Gasteiger partial charge on any atom is 0.228 e. The van der Waals surface area contributed by atoms with Gasteiger partial charge in [0, 0.05) is 5.56 Å². The van der Waals surface area contributed by atoms with Crippen molar-refractivity contribution in [1.29, 1.82) is 5.26 Å². The third-order valence-electron chi connectivity index (χ3n) is 3.51. The first kappa shape index (κ1) is 15.8. The number of rotatable bonds is 6.